The summed E-state index contributed by atoms with van der Waals surface area (Å²) in [6.07, 6.45) is 2.82. The van der Waals surface area contributed by atoms with Crippen molar-refractivity contribution in [2.24, 2.45) is 0 Å². The standard InChI is InChI=1S/C14H21N3O2.ClH/c1-11-13(3-9-19-11)14(18)17-7-5-16(6-8-17)12-2-4-15-10-12;/h3,9,12,15H,2,4-8,10H2,1H3;1H. The number of aryl methyl sites for hydroxylation is 1. The average molecular weight is 300 g/mol. The van der Waals surface area contributed by atoms with Crippen molar-refractivity contribution in [2.75, 3.05) is 39.3 Å². The number of hydrogen-bond acceptors (Lipinski definition) is 4. The van der Waals surface area contributed by atoms with Crippen molar-refractivity contribution in [3.63, 3.8) is 0 Å². The minimum atomic E-state index is 0. The Morgan fingerprint density at radius 1 is 1.35 bits per heavy atom. The lowest BCUT2D eigenvalue weighted by molar-refractivity contribution is 0.0582. The molecule has 6 heteroatoms. The van der Waals surface area contributed by atoms with Gasteiger partial charge in [-0.15, -0.1) is 12.4 Å². The Kier molecular flexibility index (Phi) is 5.07. The minimum absolute atomic E-state index is 0. The van der Waals surface area contributed by atoms with E-state index < -0.39 is 0 Å². The summed E-state index contributed by atoms with van der Waals surface area (Å²) in [4.78, 5) is 16.8. The number of nitrogens with one attached hydrogen (secondary N) is 1. The molecule has 5 nitrogen and oxygen atoms in total. The molecule has 1 aromatic rings. The van der Waals surface area contributed by atoms with Crippen LogP contribution in [-0.4, -0.2) is 61.0 Å². The monoisotopic (exact) mass is 299 g/mol. The number of rotatable bonds is 2. The molecule has 3 rings (SSSR count). The summed E-state index contributed by atoms with van der Waals surface area (Å²) in [5.74, 6) is 0.822. The van der Waals surface area contributed by atoms with E-state index in [9.17, 15) is 4.79 Å². The molecule has 2 saturated heterocycles. The second-order valence-electron chi connectivity index (χ2n) is 5.37. The predicted octanol–water partition coefficient (Wildman–Crippen LogP) is 1.13. The third kappa shape index (κ3) is 3.00. The van der Waals surface area contributed by atoms with Gasteiger partial charge in [0.25, 0.3) is 5.91 Å². The van der Waals surface area contributed by atoms with Crippen molar-refractivity contribution in [1.29, 1.82) is 0 Å². The Morgan fingerprint density at radius 3 is 2.65 bits per heavy atom. The van der Waals surface area contributed by atoms with E-state index in [0.29, 0.717) is 17.4 Å². The Morgan fingerprint density at radius 2 is 2.10 bits per heavy atom. The molecule has 20 heavy (non-hydrogen) atoms. The third-order valence-corrected chi connectivity index (χ3v) is 4.24. The molecule has 0 bridgehead atoms. The van der Waals surface area contributed by atoms with Crippen molar-refractivity contribution in [2.45, 2.75) is 19.4 Å². The van der Waals surface area contributed by atoms with E-state index in [1.165, 1.54) is 6.42 Å². The lowest BCUT2D eigenvalue weighted by atomic mass is 10.1. The summed E-state index contributed by atoms with van der Waals surface area (Å²) in [6, 6.07) is 2.43. The highest BCUT2D eigenvalue weighted by Gasteiger charge is 2.28. The van der Waals surface area contributed by atoms with Gasteiger partial charge in [0.2, 0.25) is 0 Å². The quantitative estimate of drug-likeness (QED) is 0.889. The van der Waals surface area contributed by atoms with Crippen LogP contribution in [0.2, 0.25) is 0 Å². The van der Waals surface area contributed by atoms with Crippen LogP contribution in [0.1, 0.15) is 22.5 Å². The predicted molar refractivity (Wildman–Crippen MR) is 79.4 cm³/mol. The fourth-order valence-electron chi connectivity index (χ4n) is 3.02. The van der Waals surface area contributed by atoms with Crippen LogP contribution in [0, 0.1) is 6.92 Å². The number of piperazine rings is 1. The molecular weight excluding hydrogens is 278 g/mol. The molecule has 0 aromatic carbocycles. The summed E-state index contributed by atoms with van der Waals surface area (Å²) >= 11 is 0. The van der Waals surface area contributed by atoms with E-state index >= 15 is 0 Å². The van der Waals surface area contributed by atoms with E-state index in [0.717, 1.165) is 39.3 Å². The zero-order valence-corrected chi connectivity index (χ0v) is 12.6. The summed E-state index contributed by atoms with van der Waals surface area (Å²) < 4.78 is 5.21. The first-order chi connectivity index (χ1) is 9.25. The molecule has 1 amide bonds. The van der Waals surface area contributed by atoms with Gasteiger partial charge in [0.15, 0.2) is 0 Å². The number of carbonyl (C=O) groups is 1. The van der Waals surface area contributed by atoms with Gasteiger partial charge in [0, 0.05) is 38.8 Å². The van der Waals surface area contributed by atoms with Crippen molar-refractivity contribution in [1.82, 2.24) is 15.1 Å². The summed E-state index contributed by atoms with van der Waals surface area (Å²) in [7, 11) is 0. The smallest absolute Gasteiger partial charge is 0.257 e. The molecule has 2 fully saturated rings. The maximum absolute atomic E-state index is 12.3. The van der Waals surface area contributed by atoms with Gasteiger partial charge in [0.1, 0.15) is 5.76 Å². The first-order valence-electron chi connectivity index (χ1n) is 7.04. The van der Waals surface area contributed by atoms with E-state index in [-0.39, 0.29) is 18.3 Å². The van der Waals surface area contributed by atoms with Gasteiger partial charge in [-0.05, 0) is 26.0 Å². The van der Waals surface area contributed by atoms with Crippen molar-refractivity contribution in [3.05, 3.63) is 23.7 Å². The topological polar surface area (TPSA) is 48.7 Å². The fraction of sp³-hybridized carbons (Fsp3) is 0.643. The van der Waals surface area contributed by atoms with Crippen LogP contribution >= 0.6 is 12.4 Å². The lowest BCUT2D eigenvalue weighted by Gasteiger charge is -2.37. The fourth-order valence-corrected chi connectivity index (χ4v) is 3.02. The molecule has 2 aliphatic rings. The zero-order chi connectivity index (χ0) is 13.2. The maximum atomic E-state index is 12.3. The van der Waals surface area contributed by atoms with Gasteiger partial charge >= 0.3 is 0 Å². The van der Waals surface area contributed by atoms with Gasteiger partial charge in [-0.2, -0.15) is 0 Å². The third-order valence-electron chi connectivity index (χ3n) is 4.24. The highest BCUT2D eigenvalue weighted by Crippen LogP contribution is 2.16. The molecular formula is C14H22ClN3O2. The first kappa shape index (κ1) is 15.4. The number of nitrogens with zero attached hydrogens (tertiary/aromatic N) is 2. The van der Waals surface area contributed by atoms with Crippen LogP contribution in [0.5, 0.6) is 0 Å². The van der Waals surface area contributed by atoms with Crippen LogP contribution in [0.25, 0.3) is 0 Å². The van der Waals surface area contributed by atoms with Gasteiger partial charge in [0.05, 0.1) is 11.8 Å². The lowest BCUT2D eigenvalue weighted by Crippen LogP contribution is -2.52. The van der Waals surface area contributed by atoms with Crippen molar-refractivity contribution < 1.29 is 9.21 Å². The highest BCUT2D eigenvalue weighted by molar-refractivity contribution is 5.95. The number of furan rings is 1. The first-order valence-corrected chi connectivity index (χ1v) is 7.04. The minimum Gasteiger partial charge on any atom is -0.469 e. The normalized spacial score (nSPS) is 23.6. The average Bonchev–Trinajstić information content (AvgIpc) is 3.09. The molecule has 1 aromatic heterocycles. The number of halogens is 1. The molecule has 1 N–H and O–H groups in total. The van der Waals surface area contributed by atoms with E-state index in [2.05, 4.69) is 10.2 Å². The number of hydrogen-bond donors (Lipinski definition) is 1. The largest absolute Gasteiger partial charge is 0.469 e. The van der Waals surface area contributed by atoms with Crippen molar-refractivity contribution in [3.8, 4) is 0 Å². The molecule has 112 valence electrons. The summed E-state index contributed by atoms with van der Waals surface area (Å²) in [5, 5.41) is 3.40. The van der Waals surface area contributed by atoms with Crippen LogP contribution in [0.15, 0.2) is 16.7 Å². The Labute approximate surface area is 125 Å². The van der Waals surface area contributed by atoms with Crippen LogP contribution < -0.4 is 5.32 Å². The SMILES string of the molecule is Cc1occc1C(=O)N1CCN(C2CCNC2)CC1.Cl. The Balaban J connectivity index is 0.00000147. The van der Waals surface area contributed by atoms with Gasteiger partial charge < -0.3 is 14.6 Å². The zero-order valence-electron chi connectivity index (χ0n) is 11.8. The molecule has 1 atom stereocenters. The van der Waals surface area contributed by atoms with Crippen molar-refractivity contribution >= 4 is 18.3 Å². The molecule has 0 aliphatic carbocycles. The molecule has 0 saturated carbocycles. The van der Waals surface area contributed by atoms with Crippen LogP contribution in [0.4, 0.5) is 0 Å². The van der Waals surface area contributed by atoms with Gasteiger partial charge in [-0.3, -0.25) is 9.69 Å². The van der Waals surface area contributed by atoms with Crippen LogP contribution in [-0.2, 0) is 0 Å². The number of carbonyl (C=O) groups excluding carboxylic acids is 1. The molecule has 1 unspecified atom stereocenters. The molecule has 0 radical (unpaired) electrons. The van der Waals surface area contributed by atoms with E-state index in [1.807, 2.05) is 11.8 Å². The molecule has 2 aliphatic heterocycles. The molecule has 3 heterocycles. The van der Waals surface area contributed by atoms with Gasteiger partial charge in [-0.1, -0.05) is 0 Å². The van der Waals surface area contributed by atoms with Gasteiger partial charge in [-0.25, -0.2) is 0 Å². The highest BCUT2D eigenvalue weighted by atomic mass is 35.5. The van der Waals surface area contributed by atoms with Crippen LogP contribution in [0.3, 0.4) is 0 Å². The second-order valence-corrected chi connectivity index (χ2v) is 5.37. The summed E-state index contributed by atoms with van der Waals surface area (Å²) in [6.45, 7) is 7.66. The maximum Gasteiger partial charge on any atom is 0.257 e. The van der Waals surface area contributed by atoms with E-state index in [4.69, 9.17) is 4.42 Å². The van der Waals surface area contributed by atoms with E-state index in [1.54, 1.807) is 12.3 Å². The summed E-state index contributed by atoms with van der Waals surface area (Å²) in [5.41, 5.74) is 0.705. The Bertz CT molecular complexity index is 449. The second kappa shape index (κ2) is 6.61. The Hall–Kier alpha value is -1.04. The molecule has 0 spiro atoms. The number of amides is 1.